The van der Waals surface area contributed by atoms with Gasteiger partial charge in [0.15, 0.2) is 16.4 Å². The van der Waals surface area contributed by atoms with Crippen LogP contribution in [0.2, 0.25) is 5.02 Å². The highest BCUT2D eigenvalue weighted by Gasteiger charge is 2.26. The molecule has 1 heterocycles. The monoisotopic (exact) mass is 391 g/mol. The summed E-state index contributed by atoms with van der Waals surface area (Å²) < 4.78 is 34.7. The van der Waals surface area contributed by atoms with Crippen molar-refractivity contribution in [1.29, 1.82) is 0 Å². The summed E-state index contributed by atoms with van der Waals surface area (Å²) in [4.78, 5) is 12.3. The summed E-state index contributed by atoms with van der Waals surface area (Å²) in [6, 6.07) is 12.3. The summed E-state index contributed by atoms with van der Waals surface area (Å²) >= 11 is 5.81. The smallest absolute Gasteiger partial charge is 0.344 e. The Balaban J connectivity index is 1.82. The number of nitrogens with zero attached hydrogens (tertiary/aromatic N) is 1. The van der Waals surface area contributed by atoms with E-state index in [1.165, 1.54) is 38.1 Å². The van der Waals surface area contributed by atoms with Gasteiger partial charge in [0.25, 0.3) is 0 Å². The van der Waals surface area contributed by atoms with Gasteiger partial charge in [-0.05, 0) is 62.4 Å². The molecule has 0 saturated carbocycles. The summed E-state index contributed by atoms with van der Waals surface area (Å²) in [5, 5.41) is 4.15. The van der Waals surface area contributed by atoms with Gasteiger partial charge in [0, 0.05) is 16.1 Å². The minimum Gasteiger partial charge on any atom is -0.379 e. The number of aromatic nitrogens is 1. The molecule has 3 rings (SSSR count). The second kappa shape index (κ2) is 6.93. The average molecular weight is 392 g/mol. The number of carbonyl (C=O) groups is 1. The zero-order valence-electron chi connectivity index (χ0n) is 13.9. The van der Waals surface area contributed by atoms with Crippen molar-refractivity contribution in [3.63, 3.8) is 0 Å². The standard InChI is InChI=1S/C18H14ClNO5S/c1-11-18(12(2)24-20-11)26(22,23)25-16-9-5-14(6-10-16)17(21)13-3-7-15(19)8-4-13/h3-10H,1-2H3. The summed E-state index contributed by atoms with van der Waals surface area (Å²) in [5.41, 5.74) is 1.10. The van der Waals surface area contributed by atoms with Crippen molar-refractivity contribution in [3.8, 4) is 5.75 Å². The molecule has 26 heavy (non-hydrogen) atoms. The van der Waals surface area contributed by atoms with E-state index >= 15 is 0 Å². The molecule has 134 valence electrons. The van der Waals surface area contributed by atoms with Crippen LogP contribution in [0.5, 0.6) is 5.75 Å². The molecule has 2 aromatic carbocycles. The Morgan fingerprint density at radius 1 is 1.00 bits per heavy atom. The van der Waals surface area contributed by atoms with Crippen molar-refractivity contribution in [2.45, 2.75) is 18.7 Å². The molecule has 0 aliphatic carbocycles. The molecule has 0 unspecified atom stereocenters. The number of carbonyl (C=O) groups excluding carboxylic acids is 1. The Hall–Kier alpha value is -2.64. The number of benzene rings is 2. The van der Waals surface area contributed by atoms with E-state index in [2.05, 4.69) is 5.16 Å². The van der Waals surface area contributed by atoms with Crippen LogP contribution < -0.4 is 4.18 Å². The van der Waals surface area contributed by atoms with E-state index in [1.807, 2.05) is 0 Å². The third kappa shape index (κ3) is 3.63. The van der Waals surface area contributed by atoms with Crippen LogP contribution in [0.3, 0.4) is 0 Å². The third-order valence-corrected chi connectivity index (χ3v) is 5.39. The lowest BCUT2D eigenvalue weighted by Gasteiger charge is -2.07. The number of rotatable bonds is 5. The van der Waals surface area contributed by atoms with Gasteiger partial charge in [0.1, 0.15) is 11.4 Å². The fraction of sp³-hybridized carbons (Fsp3) is 0.111. The van der Waals surface area contributed by atoms with E-state index in [0.29, 0.717) is 16.1 Å². The van der Waals surface area contributed by atoms with Gasteiger partial charge >= 0.3 is 10.1 Å². The first kappa shape index (κ1) is 18.2. The molecule has 0 fully saturated rings. The molecule has 1 aromatic heterocycles. The lowest BCUT2D eigenvalue weighted by Crippen LogP contribution is -2.11. The van der Waals surface area contributed by atoms with E-state index in [9.17, 15) is 13.2 Å². The van der Waals surface area contributed by atoms with Crippen molar-refractivity contribution < 1.29 is 21.9 Å². The van der Waals surface area contributed by atoms with E-state index in [1.54, 1.807) is 24.3 Å². The molecule has 0 atom stereocenters. The maximum absolute atomic E-state index is 12.4. The zero-order chi connectivity index (χ0) is 18.9. The van der Waals surface area contributed by atoms with Crippen molar-refractivity contribution in [3.05, 3.63) is 76.1 Å². The topological polar surface area (TPSA) is 86.5 Å². The largest absolute Gasteiger partial charge is 0.379 e. The van der Waals surface area contributed by atoms with Crippen LogP contribution in [0.25, 0.3) is 0 Å². The van der Waals surface area contributed by atoms with Gasteiger partial charge in [-0.1, -0.05) is 16.8 Å². The van der Waals surface area contributed by atoms with Gasteiger partial charge in [-0.15, -0.1) is 0 Å². The van der Waals surface area contributed by atoms with Gasteiger partial charge in [0.2, 0.25) is 0 Å². The maximum atomic E-state index is 12.4. The van der Waals surface area contributed by atoms with Gasteiger partial charge in [-0.2, -0.15) is 8.42 Å². The number of ketones is 1. The summed E-state index contributed by atoms with van der Waals surface area (Å²) in [5.74, 6) is 0.0245. The maximum Gasteiger partial charge on any atom is 0.344 e. The number of halogens is 1. The second-order valence-electron chi connectivity index (χ2n) is 5.55. The van der Waals surface area contributed by atoms with Crippen LogP contribution in [0.4, 0.5) is 0 Å². The van der Waals surface area contributed by atoms with Crippen LogP contribution >= 0.6 is 11.6 Å². The minimum absolute atomic E-state index is 0.0812. The highest BCUT2D eigenvalue weighted by molar-refractivity contribution is 7.87. The van der Waals surface area contributed by atoms with E-state index < -0.39 is 10.1 Å². The molecule has 6 nitrogen and oxygen atoms in total. The van der Waals surface area contributed by atoms with E-state index in [0.717, 1.165) is 0 Å². The third-order valence-electron chi connectivity index (χ3n) is 3.65. The second-order valence-corrected chi connectivity index (χ2v) is 7.47. The van der Waals surface area contributed by atoms with Gasteiger partial charge in [-0.3, -0.25) is 4.79 Å². The fourth-order valence-electron chi connectivity index (χ4n) is 2.43. The van der Waals surface area contributed by atoms with E-state index in [-0.39, 0.29) is 27.9 Å². The van der Waals surface area contributed by atoms with Gasteiger partial charge < -0.3 is 8.71 Å². The summed E-state index contributed by atoms with van der Waals surface area (Å²) in [7, 11) is -4.08. The first-order chi connectivity index (χ1) is 12.3. The molecule has 0 aliphatic rings. The number of hydrogen-bond donors (Lipinski definition) is 0. The predicted octanol–water partition coefficient (Wildman–Crippen LogP) is 3.94. The number of aryl methyl sites for hydroxylation is 2. The normalized spacial score (nSPS) is 11.3. The van der Waals surface area contributed by atoms with E-state index in [4.69, 9.17) is 20.3 Å². The molecule has 0 N–H and O–H groups in total. The van der Waals surface area contributed by atoms with Crippen LogP contribution in [0.15, 0.2) is 57.9 Å². The molecule has 3 aromatic rings. The first-order valence-corrected chi connectivity index (χ1v) is 9.34. The number of hydrogen-bond acceptors (Lipinski definition) is 6. The highest BCUT2D eigenvalue weighted by atomic mass is 35.5. The fourth-order valence-corrected chi connectivity index (χ4v) is 3.79. The van der Waals surface area contributed by atoms with Crippen LogP contribution in [-0.4, -0.2) is 19.4 Å². The van der Waals surface area contributed by atoms with Crippen LogP contribution in [0.1, 0.15) is 27.4 Å². The van der Waals surface area contributed by atoms with Crippen molar-refractivity contribution in [2.75, 3.05) is 0 Å². The molecular formula is C18H14ClNO5S. The quantitative estimate of drug-likeness (QED) is 0.483. The molecule has 0 amide bonds. The lowest BCUT2D eigenvalue weighted by molar-refractivity contribution is 0.103. The molecule has 8 heteroatoms. The van der Waals surface area contributed by atoms with Crippen LogP contribution in [-0.2, 0) is 10.1 Å². The summed E-state index contributed by atoms with van der Waals surface area (Å²) in [6.45, 7) is 3.00. The Labute approximate surface area is 155 Å². The van der Waals surface area contributed by atoms with Crippen molar-refractivity contribution in [1.82, 2.24) is 5.16 Å². The Bertz CT molecular complexity index is 1030. The zero-order valence-corrected chi connectivity index (χ0v) is 15.5. The predicted molar refractivity (Wildman–Crippen MR) is 95.1 cm³/mol. The van der Waals surface area contributed by atoms with Crippen molar-refractivity contribution >= 4 is 27.5 Å². The SMILES string of the molecule is Cc1noc(C)c1S(=O)(=O)Oc1ccc(C(=O)c2ccc(Cl)cc2)cc1. The minimum atomic E-state index is -4.08. The molecule has 0 spiro atoms. The Morgan fingerprint density at radius 3 is 2.04 bits per heavy atom. The Morgan fingerprint density at radius 2 is 1.54 bits per heavy atom. The van der Waals surface area contributed by atoms with Gasteiger partial charge in [0.05, 0.1) is 0 Å². The lowest BCUT2D eigenvalue weighted by atomic mass is 10.0. The molecule has 0 saturated heterocycles. The van der Waals surface area contributed by atoms with Crippen LogP contribution in [0, 0.1) is 13.8 Å². The molecule has 0 radical (unpaired) electrons. The van der Waals surface area contributed by atoms with Crippen molar-refractivity contribution in [2.24, 2.45) is 0 Å². The molecule has 0 aliphatic heterocycles. The first-order valence-electron chi connectivity index (χ1n) is 7.55. The summed E-state index contributed by atoms with van der Waals surface area (Å²) in [6.07, 6.45) is 0. The average Bonchev–Trinajstić information content (AvgIpc) is 2.95. The molecule has 0 bridgehead atoms. The Kier molecular flexibility index (Phi) is 4.84. The molecular weight excluding hydrogens is 378 g/mol. The van der Waals surface area contributed by atoms with Gasteiger partial charge in [-0.25, -0.2) is 0 Å². The highest BCUT2D eigenvalue weighted by Crippen LogP contribution is 2.24.